The average Bonchev–Trinajstić information content (AvgIpc) is 1.64. The maximum absolute atomic E-state index is 6.41. The van der Waals surface area contributed by atoms with Crippen LogP contribution in [0.15, 0.2) is 427 Å². The Balaban J connectivity index is 0.000000137. The van der Waals surface area contributed by atoms with Crippen molar-refractivity contribution in [2.24, 2.45) is 0 Å². The van der Waals surface area contributed by atoms with Crippen LogP contribution in [0.2, 0.25) is 0 Å². The van der Waals surface area contributed by atoms with Gasteiger partial charge in [-0.1, -0.05) is 255 Å². The third-order valence-corrected chi connectivity index (χ3v) is 23.0. The number of benzene rings is 18. The molecule has 6 aromatic heterocycles. The Bertz CT molecular complexity index is 7190. The second kappa shape index (κ2) is 27.1. The molecule has 8 nitrogen and oxygen atoms in total. The Labute approximate surface area is 665 Å². The van der Waals surface area contributed by atoms with Crippen molar-refractivity contribution in [1.82, 2.24) is 0 Å². The van der Waals surface area contributed by atoms with Crippen molar-refractivity contribution in [2.75, 3.05) is 9.80 Å². The largest absolute Gasteiger partial charge is 0.456 e. The third-order valence-electron chi connectivity index (χ3n) is 23.0. The Morgan fingerprint density at radius 2 is 0.319 bits per heavy atom. The number of furan rings is 6. The van der Waals surface area contributed by atoms with E-state index in [1.807, 2.05) is 72.8 Å². The summed E-state index contributed by atoms with van der Waals surface area (Å²) >= 11 is 0. The van der Waals surface area contributed by atoms with Crippen molar-refractivity contribution in [3.8, 4) is 66.8 Å². The average molecular weight is 1490 g/mol. The zero-order chi connectivity index (χ0) is 76.3. The molecule has 24 aromatic rings. The summed E-state index contributed by atoms with van der Waals surface area (Å²) in [5.74, 6) is 0. The van der Waals surface area contributed by atoms with Gasteiger partial charge in [0.25, 0.3) is 0 Å². The van der Waals surface area contributed by atoms with E-state index in [9.17, 15) is 0 Å². The number of rotatable bonds is 12. The van der Waals surface area contributed by atoms with Gasteiger partial charge >= 0.3 is 0 Å². The van der Waals surface area contributed by atoms with Gasteiger partial charge in [-0.05, 0) is 196 Å². The van der Waals surface area contributed by atoms with E-state index in [2.05, 4.69) is 337 Å². The lowest BCUT2D eigenvalue weighted by atomic mass is 10.00. The van der Waals surface area contributed by atoms with E-state index >= 15 is 0 Å². The van der Waals surface area contributed by atoms with Crippen LogP contribution in [0.4, 0.5) is 34.1 Å². The van der Waals surface area contributed by atoms with Crippen LogP contribution in [0, 0.1) is 0 Å². The lowest BCUT2D eigenvalue weighted by Crippen LogP contribution is -2.09. The third kappa shape index (κ3) is 11.3. The molecule has 0 fully saturated rings. The molecule has 0 atom stereocenters. The molecule has 0 amide bonds. The molecular weight excluding hydrogens is 1420 g/mol. The normalized spacial score (nSPS) is 11.8. The van der Waals surface area contributed by atoms with Crippen molar-refractivity contribution in [3.63, 3.8) is 0 Å². The van der Waals surface area contributed by atoms with E-state index in [1.165, 1.54) is 0 Å². The molecule has 8 heteroatoms. The molecule has 0 N–H and O–H groups in total. The van der Waals surface area contributed by atoms with Crippen molar-refractivity contribution in [1.29, 1.82) is 0 Å². The lowest BCUT2D eigenvalue weighted by Gasteiger charge is -2.26. The summed E-state index contributed by atoms with van der Waals surface area (Å²) in [5, 5.41) is 13.5. The predicted molar refractivity (Wildman–Crippen MR) is 479 cm³/mol. The van der Waals surface area contributed by atoms with E-state index in [0.29, 0.717) is 0 Å². The van der Waals surface area contributed by atoms with Crippen molar-refractivity contribution >= 4 is 166 Å². The standard InChI is InChI=1S/2C54H33NO3/c1-4-19-49-43(10-1)46-16-7-13-40(52(46)56-49)34-22-28-37(29-23-34)55(38-30-24-35(25-31-38)41-14-8-17-47-44-11-2-5-20-50(44)57-53(41)47)39-32-26-36(27-33-39)42-15-9-18-48-45-12-3-6-21-51(45)58-54(42)48;1-4-10-49-43(7-1)46-31-37(19-28-52(46)56-49)34-13-22-40(23-14-34)55(41-24-15-35(16-25-41)38-20-29-53-47(32-38)44-8-2-5-11-50(44)57-53)42-26-17-36(18-27-42)39-21-30-54-48(33-39)45-9-3-6-12-51(45)58-54/h2*1-33H. The molecule has 0 aliphatic heterocycles. The van der Waals surface area contributed by atoms with Crippen LogP contribution in [0.5, 0.6) is 0 Å². The summed E-state index contributed by atoms with van der Waals surface area (Å²) < 4.78 is 37.6. The van der Waals surface area contributed by atoms with Gasteiger partial charge < -0.3 is 36.3 Å². The molecule has 0 aliphatic rings. The first-order chi connectivity index (χ1) is 57.4. The second-order valence-corrected chi connectivity index (χ2v) is 29.7. The topological polar surface area (TPSA) is 85.3 Å². The van der Waals surface area contributed by atoms with E-state index in [0.717, 1.165) is 233 Å². The highest BCUT2D eigenvalue weighted by Gasteiger charge is 2.22. The van der Waals surface area contributed by atoms with Crippen LogP contribution >= 0.6 is 0 Å². The van der Waals surface area contributed by atoms with Crippen LogP contribution in [-0.4, -0.2) is 0 Å². The second-order valence-electron chi connectivity index (χ2n) is 29.7. The predicted octanol–water partition coefficient (Wildman–Crippen LogP) is 31.7. The number of hydrogen-bond donors (Lipinski definition) is 0. The zero-order valence-corrected chi connectivity index (χ0v) is 62.4. The van der Waals surface area contributed by atoms with Gasteiger partial charge in [-0.25, -0.2) is 0 Å². The number of anilines is 6. The molecule has 0 aliphatic carbocycles. The molecule has 0 radical (unpaired) electrons. The highest BCUT2D eigenvalue weighted by atomic mass is 16.3. The molecule has 0 saturated carbocycles. The van der Waals surface area contributed by atoms with Crippen molar-refractivity contribution < 1.29 is 26.5 Å². The molecule has 24 rings (SSSR count). The fourth-order valence-electron chi connectivity index (χ4n) is 17.3. The SMILES string of the molecule is c1ccc2c(c1)oc1c(-c3ccc(N(c4ccc(-c5cccc6c5oc5ccccc56)cc4)c4ccc(-c5cccc6c5oc5ccccc56)cc4)cc3)cccc12.c1ccc2c(c1)oc1ccc(-c3ccc(N(c4ccc(-c5ccc6oc7ccccc7c6c5)cc4)c4ccc(-c5ccc6oc7ccccc7c6c5)cc4)cc3)cc12. The van der Waals surface area contributed by atoms with Crippen molar-refractivity contribution in [3.05, 3.63) is 400 Å². The summed E-state index contributed by atoms with van der Waals surface area (Å²) in [4.78, 5) is 4.63. The number of hydrogen-bond acceptors (Lipinski definition) is 8. The summed E-state index contributed by atoms with van der Waals surface area (Å²) in [7, 11) is 0. The van der Waals surface area contributed by atoms with Gasteiger partial charge in [0, 0.05) is 115 Å². The van der Waals surface area contributed by atoms with Gasteiger partial charge in [0.1, 0.15) is 67.0 Å². The molecule has 0 bridgehead atoms. The fourth-order valence-corrected chi connectivity index (χ4v) is 17.3. The number of fused-ring (bicyclic) bond motifs is 18. The molecule has 544 valence electrons. The minimum Gasteiger partial charge on any atom is -0.456 e. The quantitative estimate of drug-likeness (QED) is 0.120. The smallest absolute Gasteiger partial charge is 0.143 e. The fraction of sp³-hybridized carbons (Fsp3) is 0. The van der Waals surface area contributed by atoms with Crippen LogP contribution in [-0.2, 0) is 0 Å². The Morgan fingerprint density at radius 3 is 0.569 bits per heavy atom. The van der Waals surface area contributed by atoms with Gasteiger partial charge in [0.15, 0.2) is 0 Å². The summed E-state index contributed by atoms with van der Waals surface area (Å²) in [6.45, 7) is 0. The summed E-state index contributed by atoms with van der Waals surface area (Å²) in [6.07, 6.45) is 0. The van der Waals surface area contributed by atoms with Gasteiger partial charge in [0.2, 0.25) is 0 Å². The van der Waals surface area contributed by atoms with Gasteiger partial charge in [-0.2, -0.15) is 0 Å². The minimum atomic E-state index is 0.896. The monoisotopic (exact) mass is 1490 g/mol. The van der Waals surface area contributed by atoms with Crippen LogP contribution in [0.1, 0.15) is 0 Å². The molecule has 6 heterocycles. The van der Waals surface area contributed by atoms with Crippen LogP contribution < -0.4 is 9.80 Å². The zero-order valence-electron chi connectivity index (χ0n) is 62.4. The summed E-state index contributed by atoms with van der Waals surface area (Å²) in [6, 6.07) is 141. The van der Waals surface area contributed by atoms with E-state index < -0.39 is 0 Å². The maximum Gasteiger partial charge on any atom is 0.143 e. The van der Waals surface area contributed by atoms with Gasteiger partial charge in [-0.3, -0.25) is 0 Å². The molecule has 0 unspecified atom stereocenters. The molecule has 0 saturated heterocycles. The van der Waals surface area contributed by atoms with E-state index in [4.69, 9.17) is 26.5 Å². The Morgan fingerprint density at radius 1 is 0.129 bits per heavy atom. The van der Waals surface area contributed by atoms with E-state index in [1.54, 1.807) is 0 Å². The highest BCUT2D eigenvalue weighted by molar-refractivity contribution is 6.14. The van der Waals surface area contributed by atoms with Crippen molar-refractivity contribution in [2.45, 2.75) is 0 Å². The number of para-hydroxylation sites is 9. The molecule has 116 heavy (non-hydrogen) atoms. The summed E-state index contributed by atoms with van der Waals surface area (Å²) in [5.41, 5.74) is 30.5. The molecular formula is C108H66N2O6. The molecule has 18 aromatic carbocycles. The van der Waals surface area contributed by atoms with Gasteiger partial charge in [-0.15, -0.1) is 0 Å². The first kappa shape index (κ1) is 66.2. The highest BCUT2D eigenvalue weighted by Crippen LogP contribution is 2.46. The molecule has 0 spiro atoms. The Kier molecular flexibility index (Phi) is 15.5. The first-order valence-electron chi connectivity index (χ1n) is 39.1. The minimum absolute atomic E-state index is 0.896. The Hall–Kier alpha value is -15.6. The lowest BCUT2D eigenvalue weighted by molar-refractivity contribution is 0.668. The van der Waals surface area contributed by atoms with Crippen LogP contribution in [0.3, 0.4) is 0 Å². The van der Waals surface area contributed by atoms with Gasteiger partial charge in [0.05, 0.1) is 0 Å². The van der Waals surface area contributed by atoms with E-state index in [-0.39, 0.29) is 0 Å². The maximum atomic E-state index is 6.41. The van der Waals surface area contributed by atoms with Crippen LogP contribution in [0.25, 0.3) is 198 Å². The number of nitrogens with zero attached hydrogens (tertiary/aromatic N) is 2. The first-order valence-corrected chi connectivity index (χ1v) is 39.1.